The third-order valence-electron chi connectivity index (χ3n) is 5.12. The number of amides is 2. The van der Waals surface area contributed by atoms with Crippen LogP contribution in [0.5, 0.6) is 0 Å². The van der Waals surface area contributed by atoms with Crippen LogP contribution in [0, 0.1) is 0 Å². The van der Waals surface area contributed by atoms with E-state index in [0.717, 1.165) is 37.6 Å². The van der Waals surface area contributed by atoms with Gasteiger partial charge in [-0.15, -0.1) is 11.3 Å². The van der Waals surface area contributed by atoms with Crippen LogP contribution in [0.15, 0.2) is 41.8 Å². The summed E-state index contributed by atoms with van der Waals surface area (Å²) in [5.74, 6) is 0.0913. The number of hydrogen-bond acceptors (Lipinski definition) is 4. The van der Waals surface area contributed by atoms with E-state index in [1.165, 1.54) is 16.9 Å². The fourth-order valence-electron chi connectivity index (χ4n) is 3.28. The SMILES string of the molecule is CC(C)(C)c1ccc(C(=O)NCCN2CCN(C(=O)c3cccs3)CC2)cc1. The lowest BCUT2D eigenvalue weighted by Crippen LogP contribution is -2.50. The molecule has 6 heteroatoms. The van der Waals surface area contributed by atoms with Crippen molar-refractivity contribution in [1.29, 1.82) is 0 Å². The zero-order chi connectivity index (χ0) is 20.1. The van der Waals surface area contributed by atoms with Gasteiger partial charge < -0.3 is 10.2 Å². The maximum atomic E-state index is 12.4. The van der Waals surface area contributed by atoms with Gasteiger partial charge in [0, 0.05) is 44.8 Å². The summed E-state index contributed by atoms with van der Waals surface area (Å²) in [6, 6.07) is 11.6. The van der Waals surface area contributed by atoms with Crippen LogP contribution in [0.1, 0.15) is 46.4 Å². The number of piperazine rings is 1. The Morgan fingerprint density at radius 1 is 1.04 bits per heavy atom. The fourth-order valence-corrected chi connectivity index (χ4v) is 3.97. The Morgan fingerprint density at radius 3 is 2.29 bits per heavy atom. The highest BCUT2D eigenvalue weighted by molar-refractivity contribution is 7.12. The second-order valence-electron chi connectivity index (χ2n) is 8.19. The second kappa shape index (κ2) is 8.88. The summed E-state index contributed by atoms with van der Waals surface area (Å²) in [6.07, 6.45) is 0. The van der Waals surface area contributed by atoms with Crippen molar-refractivity contribution in [3.8, 4) is 0 Å². The van der Waals surface area contributed by atoms with Crippen LogP contribution in [-0.2, 0) is 5.41 Å². The number of carbonyl (C=O) groups is 2. The standard InChI is InChI=1S/C22H29N3O2S/c1-22(2,3)18-8-6-17(7-9-18)20(26)23-10-11-24-12-14-25(15-13-24)21(27)19-5-4-16-28-19/h4-9,16H,10-15H2,1-3H3,(H,23,26). The summed E-state index contributed by atoms with van der Waals surface area (Å²) in [7, 11) is 0. The van der Waals surface area contributed by atoms with Gasteiger partial charge in [0.1, 0.15) is 0 Å². The van der Waals surface area contributed by atoms with Crippen molar-refractivity contribution in [2.24, 2.45) is 0 Å². The van der Waals surface area contributed by atoms with E-state index >= 15 is 0 Å². The first-order valence-corrected chi connectivity index (χ1v) is 10.7. The molecule has 3 rings (SSSR count). The molecule has 2 aromatic rings. The van der Waals surface area contributed by atoms with Crippen LogP contribution in [0.25, 0.3) is 0 Å². The van der Waals surface area contributed by atoms with Crippen molar-refractivity contribution in [2.75, 3.05) is 39.3 Å². The van der Waals surface area contributed by atoms with E-state index in [1.54, 1.807) is 0 Å². The van der Waals surface area contributed by atoms with Gasteiger partial charge in [0.15, 0.2) is 0 Å². The van der Waals surface area contributed by atoms with E-state index in [2.05, 4.69) is 31.0 Å². The van der Waals surface area contributed by atoms with E-state index in [1.807, 2.05) is 46.7 Å². The van der Waals surface area contributed by atoms with E-state index in [4.69, 9.17) is 0 Å². The molecule has 0 unspecified atom stereocenters. The second-order valence-corrected chi connectivity index (χ2v) is 9.14. The first kappa shape index (κ1) is 20.6. The summed E-state index contributed by atoms with van der Waals surface area (Å²) in [4.78, 5) is 29.7. The number of nitrogens with zero attached hydrogens (tertiary/aromatic N) is 2. The molecule has 1 N–H and O–H groups in total. The summed E-state index contributed by atoms with van der Waals surface area (Å²) >= 11 is 1.49. The molecule has 28 heavy (non-hydrogen) atoms. The Bertz CT molecular complexity index is 786. The van der Waals surface area contributed by atoms with E-state index in [-0.39, 0.29) is 17.2 Å². The van der Waals surface area contributed by atoms with Crippen molar-refractivity contribution in [2.45, 2.75) is 26.2 Å². The topological polar surface area (TPSA) is 52.7 Å². The normalized spacial score (nSPS) is 15.5. The molecule has 0 atom stereocenters. The highest BCUT2D eigenvalue weighted by atomic mass is 32.1. The molecular formula is C22H29N3O2S. The van der Waals surface area contributed by atoms with Crippen molar-refractivity contribution < 1.29 is 9.59 Å². The molecule has 0 bridgehead atoms. The number of rotatable bonds is 5. The molecule has 1 aliphatic rings. The smallest absolute Gasteiger partial charge is 0.264 e. The molecule has 1 fully saturated rings. The zero-order valence-corrected chi connectivity index (χ0v) is 17.7. The van der Waals surface area contributed by atoms with Gasteiger partial charge in [-0.05, 0) is 34.6 Å². The zero-order valence-electron chi connectivity index (χ0n) is 16.9. The first-order chi connectivity index (χ1) is 13.3. The summed E-state index contributed by atoms with van der Waals surface area (Å²) < 4.78 is 0. The molecular weight excluding hydrogens is 370 g/mol. The van der Waals surface area contributed by atoms with Crippen LogP contribution >= 0.6 is 11.3 Å². The maximum Gasteiger partial charge on any atom is 0.264 e. The Balaban J connectivity index is 1.40. The Hall–Kier alpha value is -2.18. The third kappa shape index (κ3) is 5.20. The van der Waals surface area contributed by atoms with Crippen LogP contribution < -0.4 is 5.32 Å². The van der Waals surface area contributed by atoms with Gasteiger partial charge in [0.05, 0.1) is 4.88 Å². The molecule has 0 aliphatic carbocycles. The summed E-state index contributed by atoms with van der Waals surface area (Å²) in [5, 5.41) is 4.93. The van der Waals surface area contributed by atoms with Crippen LogP contribution in [0.4, 0.5) is 0 Å². The predicted molar refractivity (Wildman–Crippen MR) is 114 cm³/mol. The van der Waals surface area contributed by atoms with Crippen molar-refractivity contribution in [1.82, 2.24) is 15.1 Å². The predicted octanol–water partition coefficient (Wildman–Crippen LogP) is 3.23. The number of thiophene rings is 1. The van der Waals surface area contributed by atoms with Gasteiger partial charge in [-0.2, -0.15) is 0 Å². The molecule has 1 aromatic heterocycles. The first-order valence-electron chi connectivity index (χ1n) is 9.78. The Kier molecular flexibility index (Phi) is 6.52. The summed E-state index contributed by atoms with van der Waals surface area (Å²) in [5.41, 5.74) is 2.00. The third-order valence-corrected chi connectivity index (χ3v) is 5.98. The fraction of sp³-hybridized carbons (Fsp3) is 0.455. The van der Waals surface area contributed by atoms with E-state index < -0.39 is 0 Å². The molecule has 150 valence electrons. The lowest BCUT2D eigenvalue weighted by atomic mass is 9.87. The molecule has 2 amide bonds. The van der Waals surface area contributed by atoms with Crippen LogP contribution in [0.2, 0.25) is 0 Å². The highest BCUT2D eigenvalue weighted by Crippen LogP contribution is 2.22. The lowest BCUT2D eigenvalue weighted by molar-refractivity contribution is 0.0643. The van der Waals surface area contributed by atoms with E-state index in [0.29, 0.717) is 12.1 Å². The minimum atomic E-state index is -0.0352. The van der Waals surface area contributed by atoms with Crippen molar-refractivity contribution in [3.05, 3.63) is 57.8 Å². The van der Waals surface area contributed by atoms with Gasteiger partial charge in [-0.1, -0.05) is 39.0 Å². The Morgan fingerprint density at radius 2 is 1.71 bits per heavy atom. The molecule has 0 saturated carbocycles. The van der Waals surface area contributed by atoms with Gasteiger partial charge >= 0.3 is 0 Å². The Labute approximate surface area is 171 Å². The molecule has 1 aromatic carbocycles. The minimum Gasteiger partial charge on any atom is -0.351 e. The average molecular weight is 400 g/mol. The van der Waals surface area contributed by atoms with Crippen molar-refractivity contribution in [3.63, 3.8) is 0 Å². The molecule has 2 heterocycles. The monoisotopic (exact) mass is 399 g/mol. The number of carbonyl (C=O) groups excluding carboxylic acids is 2. The van der Waals surface area contributed by atoms with Crippen molar-refractivity contribution >= 4 is 23.2 Å². The minimum absolute atomic E-state index is 0.0352. The number of nitrogens with one attached hydrogen (secondary N) is 1. The van der Waals surface area contributed by atoms with Crippen LogP contribution in [-0.4, -0.2) is 60.9 Å². The van der Waals surface area contributed by atoms with Gasteiger partial charge in [0.25, 0.3) is 11.8 Å². The number of benzene rings is 1. The quantitative estimate of drug-likeness (QED) is 0.840. The van der Waals surface area contributed by atoms with Gasteiger partial charge in [-0.25, -0.2) is 0 Å². The molecule has 1 saturated heterocycles. The molecule has 1 aliphatic heterocycles. The largest absolute Gasteiger partial charge is 0.351 e. The van der Waals surface area contributed by atoms with E-state index in [9.17, 15) is 9.59 Å². The lowest BCUT2D eigenvalue weighted by Gasteiger charge is -2.34. The highest BCUT2D eigenvalue weighted by Gasteiger charge is 2.22. The molecule has 0 spiro atoms. The summed E-state index contributed by atoms with van der Waals surface area (Å²) in [6.45, 7) is 11.0. The maximum absolute atomic E-state index is 12.4. The molecule has 0 radical (unpaired) electrons. The average Bonchev–Trinajstić information content (AvgIpc) is 3.22. The van der Waals surface area contributed by atoms with Gasteiger partial charge in [-0.3, -0.25) is 14.5 Å². The molecule has 5 nitrogen and oxygen atoms in total. The van der Waals surface area contributed by atoms with Gasteiger partial charge in [0.2, 0.25) is 0 Å². The van der Waals surface area contributed by atoms with Crippen LogP contribution in [0.3, 0.4) is 0 Å². The number of hydrogen-bond donors (Lipinski definition) is 1.